The molecule has 0 aliphatic rings. The summed E-state index contributed by atoms with van der Waals surface area (Å²) >= 11 is 0. The minimum Gasteiger partial charge on any atom is -1.00 e. The predicted octanol–water partition coefficient (Wildman–Crippen LogP) is -0.374. The fourth-order valence-corrected chi connectivity index (χ4v) is 2.33. The van der Waals surface area contributed by atoms with Crippen LogP contribution < -0.4 is 22.3 Å². The standard InChI is InChI=1S/C17H14N2O2.ClH/c1-19-10-3-2-7-16(19)17(21)18-15-6-4-5-12-11-13(20)8-9-14(12)15;/h2-11H,1H3,(H-,18,20,21);1H. The van der Waals surface area contributed by atoms with Gasteiger partial charge >= 0.3 is 5.91 Å². The highest BCUT2D eigenvalue weighted by Gasteiger charge is 2.16. The molecule has 1 aromatic heterocycles. The van der Waals surface area contributed by atoms with Gasteiger partial charge in [-0.3, -0.25) is 4.79 Å². The average Bonchev–Trinajstić information content (AvgIpc) is 2.47. The number of carbonyl (C=O) groups is 1. The molecule has 2 N–H and O–H groups in total. The molecule has 1 heterocycles. The molecule has 0 fully saturated rings. The van der Waals surface area contributed by atoms with E-state index in [-0.39, 0.29) is 24.1 Å². The van der Waals surface area contributed by atoms with Crippen LogP contribution in [-0.2, 0) is 7.05 Å². The number of hydrogen-bond donors (Lipinski definition) is 2. The number of phenols is 1. The molecule has 0 saturated carbocycles. The monoisotopic (exact) mass is 314 g/mol. The summed E-state index contributed by atoms with van der Waals surface area (Å²) in [5.41, 5.74) is 1.30. The highest BCUT2D eigenvalue weighted by Crippen LogP contribution is 2.26. The minimum absolute atomic E-state index is 0. The maximum atomic E-state index is 12.4. The number of aryl methyl sites for hydroxylation is 1. The summed E-state index contributed by atoms with van der Waals surface area (Å²) < 4.78 is 1.77. The quantitative estimate of drug-likeness (QED) is 0.634. The van der Waals surface area contributed by atoms with Crippen LogP contribution in [0.3, 0.4) is 0 Å². The largest absolute Gasteiger partial charge is 1.00 e. The number of benzene rings is 2. The summed E-state index contributed by atoms with van der Waals surface area (Å²) in [4.78, 5) is 12.4. The van der Waals surface area contributed by atoms with E-state index in [1.807, 2.05) is 43.6 Å². The normalized spacial score (nSPS) is 10.0. The van der Waals surface area contributed by atoms with Crippen LogP contribution in [0.15, 0.2) is 60.8 Å². The molecule has 0 bridgehead atoms. The summed E-state index contributed by atoms with van der Waals surface area (Å²) in [6.07, 6.45) is 1.83. The van der Waals surface area contributed by atoms with Gasteiger partial charge in [-0.15, -0.1) is 0 Å². The molecule has 112 valence electrons. The van der Waals surface area contributed by atoms with Crippen molar-refractivity contribution >= 4 is 22.4 Å². The van der Waals surface area contributed by atoms with Crippen molar-refractivity contribution in [2.24, 2.45) is 7.05 Å². The summed E-state index contributed by atoms with van der Waals surface area (Å²) in [6.45, 7) is 0. The molecule has 3 rings (SSSR count). The van der Waals surface area contributed by atoms with Crippen molar-refractivity contribution < 1.29 is 26.9 Å². The number of amides is 1. The molecule has 0 unspecified atom stereocenters. The van der Waals surface area contributed by atoms with E-state index in [9.17, 15) is 9.90 Å². The summed E-state index contributed by atoms with van der Waals surface area (Å²) in [5.74, 6) is 0.0408. The first-order chi connectivity index (χ1) is 10.1. The first-order valence-electron chi connectivity index (χ1n) is 6.63. The van der Waals surface area contributed by atoms with E-state index < -0.39 is 0 Å². The van der Waals surface area contributed by atoms with Gasteiger partial charge in [-0.25, -0.2) is 0 Å². The van der Waals surface area contributed by atoms with Crippen molar-refractivity contribution in [3.8, 4) is 5.75 Å². The maximum Gasteiger partial charge on any atom is 0.320 e. The lowest BCUT2D eigenvalue weighted by Crippen LogP contribution is -3.00. The third kappa shape index (κ3) is 3.02. The number of phenolic OH excluding ortho intramolecular Hbond substituents is 1. The Morgan fingerprint density at radius 2 is 1.91 bits per heavy atom. The number of fused-ring (bicyclic) bond motifs is 1. The van der Waals surface area contributed by atoms with Crippen molar-refractivity contribution in [2.45, 2.75) is 0 Å². The number of aromatic hydroxyl groups is 1. The number of carbonyl (C=O) groups excluding carboxylic acids is 1. The van der Waals surface area contributed by atoms with Gasteiger partial charge in [0.15, 0.2) is 6.20 Å². The van der Waals surface area contributed by atoms with Crippen molar-refractivity contribution in [2.75, 3.05) is 5.32 Å². The number of rotatable bonds is 2. The van der Waals surface area contributed by atoms with Gasteiger partial charge in [0.2, 0.25) is 0 Å². The Balaban J connectivity index is 0.00000176. The van der Waals surface area contributed by atoms with Gasteiger partial charge in [0.25, 0.3) is 5.69 Å². The van der Waals surface area contributed by atoms with Gasteiger partial charge in [0, 0.05) is 23.2 Å². The van der Waals surface area contributed by atoms with Gasteiger partial charge in [0.05, 0.1) is 0 Å². The second-order valence-electron chi connectivity index (χ2n) is 4.86. The Kier molecular flexibility index (Phi) is 4.63. The van der Waals surface area contributed by atoms with Crippen LogP contribution in [-0.4, -0.2) is 11.0 Å². The zero-order chi connectivity index (χ0) is 14.8. The van der Waals surface area contributed by atoms with Gasteiger partial charge in [0.1, 0.15) is 12.8 Å². The molecular weight excluding hydrogens is 300 g/mol. The van der Waals surface area contributed by atoms with Crippen LogP contribution in [0.5, 0.6) is 5.75 Å². The molecule has 0 atom stereocenters. The molecule has 0 saturated heterocycles. The van der Waals surface area contributed by atoms with Crippen molar-refractivity contribution in [3.63, 3.8) is 0 Å². The Labute approximate surface area is 134 Å². The molecule has 0 aliphatic carbocycles. The third-order valence-electron chi connectivity index (χ3n) is 3.40. The SMILES string of the molecule is C[n+]1ccccc1C(=O)Nc1cccc2cc(O)ccc12.[Cl-]. The lowest BCUT2D eigenvalue weighted by Gasteiger charge is -2.08. The molecular formula is C17H15ClN2O2. The van der Waals surface area contributed by atoms with E-state index in [0.29, 0.717) is 5.69 Å². The molecule has 5 heteroatoms. The van der Waals surface area contributed by atoms with Crippen LogP contribution in [0.1, 0.15) is 10.5 Å². The molecule has 1 amide bonds. The fourth-order valence-electron chi connectivity index (χ4n) is 2.33. The number of aromatic nitrogens is 1. The second-order valence-corrected chi connectivity index (χ2v) is 4.86. The van der Waals surface area contributed by atoms with Gasteiger partial charge in [-0.1, -0.05) is 12.1 Å². The fraction of sp³-hybridized carbons (Fsp3) is 0.0588. The van der Waals surface area contributed by atoms with E-state index >= 15 is 0 Å². The van der Waals surface area contributed by atoms with Crippen LogP contribution >= 0.6 is 0 Å². The number of nitrogens with one attached hydrogen (secondary N) is 1. The molecule has 4 nitrogen and oxygen atoms in total. The zero-order valence-electron chi connectivity index (χ0n) is 12.0. The minimum atomic E-state index is -0.168. The number of nitrogens with zero attached hydrogens (tertiary/aromatic N) is 1. The van der Waals surface area contributed by atoms with E-state index in [1.54, 1.807) is 28.8 Å². The van der Waals surface area contributed by atoms with Crippen LogP contribution in [0.25, 0.3) is 10.8 Å². The second kappa shape index (κ2) is 6.45. The summed E-state index contributed by atoms with van der Waals surface area (Å²) in [5, 5.41) is 14.2. The van der Waals surface area contributed by atoms with Crippen LogP contribution in [0.4, 0.5) is 5.69 Å². The van der Waals surface area contributed by atoms with E-state index in [4.69, 9.17) is 0 Å². The van der Waals surface area contributed by atoms with Crippen molar-refractivity contribution in [3.05, 3.63) is 66.5 Å². The highest BCUT2D eigenvalue weighted by atomic mass is 35.5. The number of halogens is 1. The Hall–Kier alpha value is -2.59. The highest BCUT2D eigenvalue weighted by molar-refractivity contribution is 6.07. The summed E-state index contributed by atoms with van der Waals surface area (Å²) in [6, 6.07) is 16.1. The average molecular weight is 315 g/mol. The predicted molar refractivity (Wildman–Crippen MR) is 81.2 cm³/mol. The van der Waals surface area contributed by atoms with E-state index in [0.717, 1.165) is 16.5 Å². The number of hydrogen-bond acceptors (Lipinski definition) is 2. The first kappa shape index (κ1) is 15.8. The first-order valence-corrected chi connectivity index (χ1v) is 6.63. The molecule has 22 heavy (non-hydrogen) atoms. The van der Waals surface area contributed by atoms with E-state index in [2.05, 4.69) is 5.32 Å². The van der Waals surface area contributed by atoms with Crippen LogP contribution in [0, 0.1) is 0 Å². The molecule has 0 radical (unpaired) electrons. The third-order valence-corrected chi connectivity index (χ3v) is 3.40. The zero-order valence-corrected chi connectivity index (χ0v) is 12.7. The lowest BCUT2D eigenvalue weighted by atomic mass is 10.1. The van der Waals surface area contributed by atoms with Crippen molar-refractivity contribution in [1.29, 1.82) is 0 Å². The maximum absolute atomic E-state index is 12.4. The lowest BCUT2D eigenvalue weighted by molar-refractivity contribution is -0.673. The Morgan fingerprint density at radius 3 is 2.68 bits per heavy atom. The smallest absolute Gasteiger partial charge is 0.320 e. The van der Waals surface area contributed by atoms with E-state index in [1.165, 1.54) is 0 Å². The van der Waals surface area contributed by atoms with Gasteiger partial charge < -0.3 is 22.8 Å². The van der Waals surface area contributed by atoms with Crippen LogP contribution in [0.2, 0.25) is 0 Å². The van der Waals surface area contributed by atoms with Gasteiger partial charge in [-0.2, -0.15) is 4.57 Å². The molecule has 2 aromatic carbocycles. The Bertz CT molecular complexity index is 834. The molecule has 3 aromatic rings. The van der Waals surface area contributed by atoms with Gasteiger partial charge in [-0.05, 0) is 35.7 Å². The summed E-state index contributed by atoms with van der Waals surface area (Å²) in [7, 11) is 1.83. The Morgan fingerprint density at radius 1 is 1.09 bits per heavy atom. The molecule has 0 spiro atoms. The topological polar surface area (TPSA) is 53.2 Å². The number of anilines is 1. The molecule has 0 aliphatic heterocycles. The van der Waals surface area contributed by atoms with Crippen molar-refractivity contribution in [1.82, 2.24) is 0 Å². The number of pyridine rings is 1.